The lowest BCUT2D eigenvalue weighted by molar-refractivity contribution is -0.143. The van der Waals surface area contributed by atoms with E-state index in [2.05, 4.69) is 4.99 Å². The average molecular weight is 389 g/mol. The van der Waals surface area contributed by atoms with Gasteiger partial charge in [0.15, 0.2) is 4.80 Å². The molecule has 0 saturated heterocycles. The van der Waals surface area contributed by atoms with Crippen LogP contribution in [0.5, 0.6) is 0 Å². The zero-order valence-electron chi connectivity index (χ0n) is 14.4. The first-order chi connectivity index (χ1) is 12.5. The van der Waals surface area contributed by atoms with E-state index in [1.165, 1.54) is 11.3 Å². The predicted octanol–water partition coefficient (Wildman–Crippen LogP) is 3.97. The van der Waals surface area contributed by atoms with Crippen LogP contribution in [0.3, 0.4) is 0 Å². The number of fused-ring (bicyclic) bond motifs is 1. The van der Waals surface area contributed by atoms with Crippen molar-refractivity contribution in [3.05, 3.63) is 63.4 Å². The molecule has 1 aromatic heterocycles. The van der Waals surface area contributed by atoms with Gasteiger partial charge in [0, 0.05) is 10.6 Å². The highest BCUT2D eigenvalue weighted by Crippen LogP contribution is 2.19. The molecule has 1 heterocycles. The minimum absolute atomic E-state index is 0.00143. The van der Waals surface area contributed by atoms with Crippen molar-refractivity contribution in [1.29, 1.82) is 0 Å². The summed E-state index contributed by atoms with van der Waals surface area (Å²) in [7, 11) is 0. The minimum atomic E-state index is -0.409. The Balaban J connectivity index is 2.11. The van der Waals surface area contributed by atoms with Gasteiger partial charge in [0.2, 0.25) is 0 Å². The molecule has 0 aliphatic rings. The first kappa shape index (κ1) is 18.4. The third-order valence-electron chi connectivity index (χ3n) is 3.70. The summed E-state index contributed by atoms with van der Waals surface area (Å²) in [6.07, 6.45) is 0. The normalized spacial score (nSPS) is 11.7. The van der Waals surface area contributed by atoms with Crippen molar-refractivity contribution in [1.82, 2.24) is 4.57 Å². The summed E-state index contributed by atoms with van der Waals surface area (Å²) in [5.74, 6) is -0.780. The number of esters is 1. The van der Waals surface area contributed by atoms with E-state index in [0.29, 0.717) is 22.0 Å². The molecule has 1 amide bonds. The third-order valence-corrected chi connectivity index (χ3v) is 4.98. The molecular weight excluding hydrogens is 372 g/mol. The molecule has 134 valence electrons. The van der Waals surface area contributed by atoms with E-state index >= 15 is 0 Å². The van der Waals surface area contributed by atoms with E-state index in [4.69, 9.17) is 16.3 Å². The average Bonchev–Trinajstić information content (AvgIpc) is 2.91. The minimum Gasteiger partial charge on any atom is -0.465 e. The summed E-state index contributed by atoms with van der Waals surface area (Å²) in [4.78, 5) is 29.2. The molecule has 0 aliphatic heterocycles. The number of carbonyl (C=O) groups excluding carboxylic acids is 2. The highest BCUT2D eigenvalue weighted by molar-refractivity contribution is 7.16. The fraction of sp³-hybridized carbons (Fsp3) is 0.211. The fourth-order valence-electron chi connectivity index (χ4n) is 2.53. The summed E-state index contributed by atoms with van der Waals surface area (Å²) < 4.78 is 7.71. The molecule has 3 rings (SSSR count). The van der Waals surface area contributed by atoms with E-state index < -0.39 is 5.91 Å². The Morgan fingerprint density at radius 3 is 2.77 bits per heavy atom. The van der Waals surface area contributed by atoms with Crippen molar-refractivity contribution < 1.29 is 14.3 Å². The smallest absolute Gasteiger partial charge is 0.326 e. The molecule has 7 heteroatoms. The topological polar surface area (TPSA) is 60.7 Å². The maximum Gasteiger partial charge on any atom is 0.326 e. The van der Waals surface area contributed by atoms with E-state index in [1.54, 1.807) is 35.8 Å². The second-order valence-electron chi connectivity index (χ2n) is 5.67. The second-order valence-corrected chi connectivity index (χ2v) is 7.12. The Bertz CT molecular complexity index is 1050. The highest BCUT2D eigenvalue weighted by Gasteiger charge is 2.13. The van der Waals surface area contributed by atoms with E-state index in [0.717, 1.165) is 15.8 Å². The molecule has 0 atom stereocenters. The summed E-state index contributed by atoms with van der Waals surface area (Å²) in [5.41, 5.74) is 2.33. The van der Waals surface area contributed by atoms with Gasteiger partial charge < -0.3 is 9.30 Å². The number of aryl methyl sites for hydroxylation is 1. The number of thiazole rings is 1. The van der Waals surface area contributed by atoms with Crippen LogP contribution in [0.25, 0.3) is 10.2 Å². The number of aromatic nitrogens is 1. The van der Waals surface area contributed by atoms with Gasteiger partial charge in [0.05, 0.1) is 16.8 Å². The predicted molar refractivity (Wildman–Crippen MR) is 103 cm³/mol. The lowest BCUT2D eigenvalue weighted by Crippen LogP contribution is -2.23. The van der Waals surface area contributed by atoms with Gasteiger partial charge in [-0.1, -0.05) is 35.1 Å². The fourth-order valence-corrected chi connectivity index (χ4v) is 3.84. The van der Waals surface area contributed by atoms with E-state index in [1.807, 2.05) is 25.1 Å². The SMILES string of the molecule is CCOC(=O)Cn1/c(=N/C(=O)c2cccc(Cl)c2)sc2cc(C)ccc21. The van der Waals surface area contributed by atoms with Gasteiger partial charge in [0.25, 0.3) is 5.91 Å². The lowest BCUT2D eigenvalue weighted by atomic mass is 10.2. The molecular formula is C19H17ClN2O3S. The van der Waals surface area contributed by atoms with Crippen LogP contribution in [-0.2, 0) is 16.1 Å². The molecule has 0 fully saturated rings. The van der Waals surface area contributed by atoms with Gasteiger partial charge in [-0.3, -0.25) is 9.59 Å². The number of halogens is 1. The number of benzene rings is 2. The zero-order valence-corrected chi connectivity index (χ0v) is 15.9. The van der Waals surface area contributed by atoms with Crippen LogP contribution in [0.1, 0.15) is 22.8 Å². The Labute approximate surface area is 159 Å². The van der Waals surface area contributed by atoms with E-state index in [-0.39, 0.29) is 12.5 Å². The first-order valence-corrected chi connectivity index (χ1v) is 9.27. The Morgan fingerprint density at radius 1 is 1.23 bits per heavy atom. The standard InChI is InChI=1S/C19H17ClN2O3S/c1-3-25-17(23)11-22-15-8-7-12(2)9-16(15)26-19(22)21-18(24)13-5-4-6-14(20)10-13/h4-10H,3,11H2,1-2H3/b21-19-. The van der Waals surface area contributed by atoms with Crippen molar-refractivity contribution in [3.63, 3.8) is 0 Å². The maximum absolute atomic E-state index is 12.5. The van der Waals surface area contributed by atoms with Crippen LogP contribution in [0, 0.1) is 6.92 Å². The number of hydrogen-bond donors (Lipinski definition) is 0. The molecule has 0 saturated carbocycles. The summed E-state index contributed by atoms with van der Waals surface area (Å²) in [6, 6.07) is 12.5. The summed E-state index contributed by atoms with van der Waals surface area (Å²) in [6.45, 7) is 4.04. The molecule has 26 heavy (non-hydrogen) atoms. The first-order valence-electron chi connectivity index (χ1n) is 8.08. The van der Waals surface area contributed by atoms with Gasteiger partial charge in [0.1, 0.15) is 6.54 Å². The monoisotopic (exact) mass is 388 g/mol. The Morgan fingerprint density at radius 2 is 2.04 bits per heavy atom. The molecule has 0 N–H and O–H groups in total. The summed E-state index contributed by atoms with van der Waals surface area (Å²) >= 11 is 7.31. The van der Waals surface area contributed by atoms with Crippen LogP contribution in [-0.4, -0.2) is 23.1 Å². The number of hydrogen-bond acceptors (Lipinski definition) is 4. The highest BCUT2D eigenvalue weighted by atomic mass is 35.5. The molecule has 0 aliphatic carbocycles. The van der Waals surface area contributed by atoms with Crippen molar-refractivity contribution in [2.75, 3.05) is 6.61 Å². The molecule has 0 radical (unpaired) electrons. The van der Waals surface area contributed by atoms with Crippen LogP contribution < -0.4 is 4.80 Å². The number of rotatable bonds is 4. The van der Waals surface area contributed by atoms with Crippen molar-refractivity contribution in [3.8, 4) is 0 Å². The van der Waals surface area contributed by atoms with Gasteiger partial charge in [-0.15, -0.1) is 0 Å². The number of nitrogens with zero attached hydrogens (tertiary/aromatic N) is 2. The van der Waals surface area contributed by atoms with Crippen LogP contribution in [0.15, 0.2) is 47.5 Å². The molecule has 0 spiro atoms. The number of carbonyl (C=O) groups is 2. The zero-order chi connectivity index (χ0) is 18.7. The number of amides is 1. The quantitative estimate of drug-likeness (QED) is 0.635. The summed E-state index contributed by atoms with van der Waals surface area (Å²) in [5, 5.41) is 0.470. The molecule has 3 aromatic rings. The van der Waals surface area contributed by atoms with Gasteiger partial charge in [-0.05, 0) is 49.7 Å². The largest absolute Gasteiger partial charge is 0.465 e. The Kier molecular flexibility index (Phi) is 5.54. The number of ether oxygens (including phenoxy) is 1. The molecule has 5 nitrogen and oxygen atoms in total. The maximum atomic E-state index is 12.5. The second kappa shape index (κ2) is 7.85. The van der Waals surface area contributed by atoms with Gasteiger partial charge in [-0.2, -0.15) is 4.99 Å². The molecule has 0 unspecified atom stereocenters. The van der Waals surface area contributed by atoms with Crippen molar-refractivity contribution in [2.24, 2.45) is 4.99 Å². The molecule has 2 aromatic carbocycles. The Hall–Kier alpha value is -2.44. The third kappa shape index (κ3) is 4.03. The van der Waals surface area contributed by atoms with Crippen LogP contribution in [0.4, 0.5) is 0 Å². The van der Waals surface area contributed by atoms with Gasteiger partial charge >= 0.3 is 5.97 Å². The lowest BCUT2D eigenvalue weighted by Gasteiger charge is -2.05. The molecule has 0 bridgehead atoms. The van der Waals surface area contributed by atoms with E-state index in [9.17, 15) is 9.59 Å². The van der Waals surface area contributed by atoms with Crippen LogP contribution in [0.2, 0.25) is 5.02 Å². The van der Waals surface area contributed by atoms with Crippen molar-refractivity contribution in [2.45, 2.75) is 20.4 Å². The van der Waals surface area contributed by atoms with Crippen LogP contribution >= 0.6 is 22.9 Å². The van der Waals surface area contributed by atoms with Crippen molar-refractivity contribution >= 4 is 45.0 Å². The van der Waals surface area contributed by atoms with Gasteiger partial charge in [-0.25, -0.2) is 0 Å².